The fourth-order valence-corrected chi connectivity index (χ4v) is 6.29. The number of amidine groups is 1. The van der Waals surface area contributed by atoms with Gasteiger partial charge in [-0.3, -0.25) is 10.2 Å². The first-order valence-electron chi connectivity index (χ1n) is 15.0. The van der Waals surface area contributed by atoms with Crippen molar-refractivity contribution in [2.75, 3.05) is 18.1 Å². The average molecular weight is 614 g/mol. The third-order valence-electron chi connectivity index (χ3n) is 8.46. The molecule has 1 aromatic heterocycles. The summed E-state index contributed by atoms with van der Waals surface area (Å²) in [5.74, 6) is -3.82. The number of aliphatic hydroxyl groups is 1. The number of pyridine rings is 1. The number of anilines is 1. The molecule has 1 fully saturated rings. The number of aromatic nitrogens is 1. The number of aliphatic hydroxyl groups excluding tert-OH is 1. The maximum absolute atomic E-state index is 14.1. The van der Waals surface area contributed by atoms with E-state index in [1.54, 1.807) is 0 Å². The molecule has 2 aliphatic heterocycles. The van der Waals surface area contributed by atoms with Crippen LogP contribution in [0.2, 0.25) is 0 Å². The Morgan fingerprint density at radius 3 is 2.56 bits per heavy atom. The minimum absolute atomic E-state index is 0.0371. The molecule has 3 heterocycles. The maximum Gasteiger partial charge on any atom is 0.286 e. The normalized spacial score (nSPS) is 18.4. The molecule has 3 N–H and O–H groups in total. The number of alkyl halides is 2. The van der Waals surface area contributed by atoms with Gasteiger partial charge in [-0.05, 0) is 92.1 Å². The highest BCUT2D eigenvalue weighted by molar-refractivity contribution is 6.11. The number of ether oxygens (including phenoxy) is 1. The molecule has 1 amide bonds. The summed E-state index contributed by atoms with van der Waals surface area (Å²) >= 11 is 0. The van der Waals surface area contributed by atoms with Crippen molar-refractivity contribution in [3.63, 3.8) is 0 Å². The monoisotopic (exact) mass is 613 g/mol. The first-order chi connectivity index (χ1) is 21.4. The fourth-order valence-electron chi connectivity index (χ4n) is 6.29. The zero-order chi connectivity index (χ0) is 32.5. The lowest BCUT2D eigenvalue weighted by Gasteiger charge is -2.35. The zero-order valence-electron chi connectivity index (χ0n) is 25.9. The summed E-state index contributed by atoms with van der Waals surface area (Å²) in [6.45, 7) is 7.63. The molecule has 45 heavy (non-hydrogen) atoms. The van der Waals surface area contributed by atoms with Crippen molar-refractivity contribution in [1.82, 2.24) is 10.3 Å². The van der Waals surface area contributed by atoms with Gasteiger partial charge in [0.05, 0.1) is 23.6 Å². The molecule has 0 spiro atoms. The molecule has 1 saturated heterocycles. The molecule has 2 aromatic carbocycles. The Hall–Kier alpha value is -4.46. The summed E-state index contributed by atoms with van der Waals surface area (Å²) in [4.78, 5) is 19.6. The van der Waals surface area contributed by atoms with Crippen LogP contribution < -0.4 is 10.2 Å². The van der Waals surface area contributed by atoms with Crippen LogP contribution in [0.4, 0.5) is 14.5 Å². The highest BCUT2D eigenvalue weighted by Gasteiger charge is 2.32. The fraction of sp³-hybridized carbons (Fsp3) is 0.371. The topological polar surface area (TPSA) is 122 Å². The van der Waals surface area contributed by atoms with Crippen molar-refractivity contribution >= 4 is 17.4 Å². The van der Waals surface area contributed by atoms with Gasteiger partial charge in [-0.1, -0.05) is 24.3 Å². The van der Waals surface area contributed by atoms with E-state index < -0.39 is 23.6 Å². The van der Waals surface area contributed by atoms with Crippen LogP contribution in [0.5, 0.6) is 0 Å². The third kappa shape index (κ3) is 6.65. The summed E-state index contributed by atoms with van der Waals surface area (Å²) in [6.07, 6.45) is 3.03. The highest BCUT2D eigenvalue weighted by Crippen LogP contribution is 2.36. The number of aryl methyl sites for hydroxylation is 2. The number of carbonyl (C=O) groups excluding carboxylic acids is 1. The molecule has 8 nitrogen and oxygen atoms in total. The van der Waals surface area contributed by atoms with E-state index in [1.165, 1.54) is 12.1 Å². The van der Waals surface area contributed by atoms with E-state index in [9.17, 15) is 23.9 Å². The van der Waals surface area contributed by atoms with Crippen molar-refractivity contribution in [1.29, 1.82) is 10.7 Å². The average Bonchev–Trinajstić information content (AvgIpc) is 3.55. The van der Waals surface area contributed by atoms with Gasteiger partial charge < -0.3 is 20.1 Å². The van der Waals surface area contributed by atoms with Crippen LogP contribution >= 0.6 is 0 Å². The van der Waals surface area contributed by atoms with Crippen molar-refractivity contribution in [2.24, 2.45) is 0 Å². The second-order valence-electron chi connectivity index (χ2n) is 11.8. The predicted octanol–water partition coefficient (Wildman–Crippen LogP) is 6.36. The Morgan fingerprint density at radius 2 is 1.96 bits per heavy atom. The van der Waals surface area contributed by atoms with Crippen LogP contribution in [-0.4, -0.2) is 41.0 Å². The zero-order valence-corrected chi connectivity index (χ0v) is 25.9. The largest absolute Gasteiger partial charge is 0.392 e. The minimum atomic E-state index is -3.15. The van der Waals surface area contributed by atoms with E-state index in [0.29, 0.717) is 37.1 Å². The molecule has 0 radical (unpaired) electrons. The van der Waals surface area contributed by atoms with Crippen molar-refractivity contribution < 1.29 is 23.4 Å². The standard InChI is InChI=1S/C35H37F2N5O3/c1-20-14-23(19-43)15-21(2)31(20)24-7-8-26(18-38)28(17-24)42-12-11-25(16-22(42)3)34(44)41-33(39)27-9-10-30(35(4,36)37)40-32(27)29-6-5-13-45-29/h7-10,14-17,22,29,43H,5-6,11-13,19H2,1-4H3,(H2,39,41,44)/t22-,29?/m0/s1. The molecule has 3 aromatic rings. The molecule has 1 unspecified atom stereocenters. The molecule has 2 atom stereocenters. The molecule has 0 saturated carbocycles. The molecule has 0 bridgehead atoms. The van der Waals surface area contributed by atoms with Gasteiger partial charge in [-0.15, -0.1) is 0 Å². The van der Waals surface area contributed by atoms with Gasteiger partial charge in [-0.2, -0.15) is 14.0 Å². The van der Waals surface area contributed by atoms with Crippen LogP contribution in [0.25, 0.3) is 11.1 Å². The van der Waals surface area contributed by atoms with Gasteiger partial charge >= 0.3 is 0 Å². The number of benzene rings is 2. The van der Waals surface area contributed by atoms with Crippen molar-refractivity contribution in [3.8, 4) is 17.2 Å². The number of nitriles is 1. The summed E-state index contributed by atoms with van der Waals surface area (Å²) < 4.78 is 33.8. The van der Waals surface area contributed by atoms with E-state index in [4.69, 9.17) is 10.1 Å². The van der Waals surface area contributed by atoms with Crippen LogP contribution in [0.3, 0.4) is 0 Å². The second kappa shape index (κ2) is 12.9. The summed E-state index contributed by atoms with van der Waals surface area (Å²) in [6, 6.07) is 14.3. The number of nitrogens with one attached hydrogen (secondary N) is 2. The summed E-state index contributed by atoms with van der Waals surface area (Å²) in [7, 11) is 0. The van der Waals surface area contributed by atoms with E-state index in [-0.39, 0.29) is 29.7 Å². The van der Waals surface area contributed by atoms with Crippen LogP contribution in [0, 0.1) is 30.6 Å². The Balaban J connectivity index is 1.37. The van der Waals surface area contributed by atoms with E-state index in [0.717, 1.165) is 46.8 Å². The first kappa shape index (κ1) is 31.9. The lowest BCUT2D eigenvalue weighted by Crippen LogP contribution is -2.41. The lowest BCUT2D eigenvalue weighted by atomic mass is 9.92. The molecule has 2 aliphatic rings. The van der Waals surface area contributed by atoms with Crippen molar-refractivity contribution in [2.45, 2.75) is 71.6 Å². The predicted molar refractivity (Wildman–Crippen MR) is 168 cm³/mol. The van der Waals surface area contributed by atoms with Crippen LogP contribution in [0.15, 0.2) is 54.1 Å². The number of hydrogen-bond donors (Lipinski definition) is 3. The van der Waals surface area contributed by atoms with Gasteiger partial charge in [0.2, 0.25) is 0 Å². The summed E-state index contributed by atoms with van der Waals surface area (Å²) in [5, 5.41) is 30.8. The molecular weight excluding hydrogens is 576 g/mol. The van der Waals surface area contributed by atoms with Crippen molar-refractivity contribution in [3.05, 3.63) is 93.3 Å². The van der Waals surface area contributed by atoms with Crippen LogP contribution in [-0.2, 0) is 22.1 Å². The van der Waals surface area contributed by atoms with E-state index >= 15 is 0 Å². The molecule has 234 valence electrons. The smallest absolute Gasteiger partial charge is 0.286 e. The SMILES string of the molecule is Cc1cc(CO)cc(C)c1-c1ccc(C#N)c(N2CCC(C(=O)NC(=N)c3ccc(C(C)(F)F)nc3C3CCCO3)=C[C@@H]2C)c1. The van der Waals surface area contributed by atoms with Gasteiger partial charge in [-0.25, -0.2) is 4.98 Å². The number of halogens is 2. The highest BCUT2D eigenvalue weighted by atomic mass is 19.3. The second-order valence-corrected chi connectivity index (χ2v) is 11.8. The third-order valence-corrected chi connectivity index (χ3v) is 8.46. The van der Waals surface area contributed by atoms with Crippen LogP contribution in [0.1, 0.15) is 78.4 Å². The quantitative estimate of drug-likeness (QED) is 0.211. The number of nitrogens with zero attached hydrogens (tertiary/aromatic N) is 3. The maximum atomic E-state index is 14.1. The van der Waals surface area contributed by atoms with Gasteiger partial charge in [0.1, 0.15) is 23.7 Å². The number of rotatable bonds is 7. The molecule has 10 heteroatoms. The minimum Gasteiger partial charge on any atom is -0.392 e. The summed E-state index contributed by atoms with van der Waals surface area (Å²) in [5.41, 5.74) is 6.75. The Labute approximate surface area is 261 Å². The Bertz CT molecular complexity index is 1690. The first-order valence-corrected chi connectivity index (χ1v) is 15.0. The number of amides is 1. The van der Waals surface area contributed by atoms with E-state index in [1.807, 2.05) is 57.2 Å². The molecule has 0 aliphatic carbocycles. The number of hydrogen-bond acceptors (Lipinski definition) is 7. The molecule has 5 rings (SSSR count). The molecular formula is C35H37F2N5O3. The Morgan fingerprint density at radius 1 is 1.22 bits per heavy atom. The number of carbonyl (C=O) groups is 1. The van der Waals surface area contributed by atoms with Gasteiger partial charge in [0, 0.05) is 37.3 Å². The lowest BCUT2D eigenvalue weighted by molar-refractivity contribution is -0.116. The van der Waals surface area contributed by atoms with Gasteiger partial charge in [0.25, 0.3) is 11.8 Å². The van der Waals surface area contributed by atoms with Gasteiger partial charge in [0.15, 0.2) is 0 Å². The van der Waals surface area contributed by atoms with E-state index in [2.05, 4.69) is 21.3 Å². The Kier molecular flexibility index (Phi) is 9.14.